The average Bonchev–Trinajstić information content (AvgIpc) is 2.28. The van der Waals surface area contributed by atoms with Crippen molar-refractivity contribution < 1.29 is 19.4 Å². The topological polar surface area (TPSA) is 89.6 Å². The maximum absolute atomic E-state index is 11.2. The Hall–Kier alpha value is -1.88. The third-order valence-corrected chi connectivity index (χ3v) is 2.44. The van der Waals surface area contributed by atoms with Crippen LogP contribution in [0.15, 0.2) is 18.2 Å². The zero-order chi connectivity index (χ0) is 13.0. The third-order valence-electron chi connectivity index (χ3n) is 2.44. The molecular weight excluding hydrogens is 222 g/mol. The van der Waals surface area contributed by atoms with Crippen LogP contribution in [0.1, 0.15) is 22.8 Å². The normalized spacial score (nSPS) is 11.9. The van der Waals surface area contributed by atoms with Gasteiger partial charge in [0.05, 0.1) is 7.11 Å². The predicted octanol–water partition coefficient (Wildman–Crippen LogP) is 0.852. The van der Waals surface area contributed by atoms with Crippen molar-refractivity contribution in [1.82, 2.24) is 0 Å². The maximum Gasteiger partial charge on any atom is 0.320 e. The lowest BCUT2D eigenvalue weighted by Crippen LogP contribution is -2.32. The van der Waals surface area contributed by atoms with Crippen molar-refractivity contribution in [2.24, 2.45) is 5.73 Å². The molecule has 1 aromatic carbocycles. The Morgan fingerprint density at radius 1 is 1.47 bits per heavy atom. The number of hydrogen-bond acceptors (Lipinski definition) is 4. The van der Waals surface area contributed by atoms with E-state index in [0.717, 1.165) is 0 Å². The van der Waals surface area contributed by atoms with E-state index in [4.69, 9.17) is 15.6 Å². The predicted molar refractivity (Wildman–Crippen MR) is 62.3 cm³/mol. The van der Waals surface area contributed by atoms with Crippen molar-refractivity contribution in [3.05, 3.63) is 29.3 Å². The lowest BCUT2D eigenvalue weighted by atomic mass is 10.0. The van der Waals surface area contributed by atoms with Crippen molar-refractivity contribution in [1.29, 1.82) is 0 Å². The molecule has 0 saturated heterocycles. The van der Waals surface area contributed by atoms with Gasteiger partial charge >= 0.3 is 5.97 Å². The number of hydrogen-bond donors (Lipinski definition) is 2. The summed E-state index contributed by atoms with van der Waals surface area (Å²) in [5.41, 5.74) is 6.59. The first-order chi connectivity index (χ1) is 7.95. The molecule has 0 unspecified atom stereocenters. The Morgan fingerprint density at radius 3 is 2.59 bits per heavy atom. The Morgan fingerprint density at radius 2 is 2.12 bits per heavy atom. The summed E-state index contributed by atoms with van der Waals surface area (Å²) in [6.45, 7) is 1.45. The van der Waals surface area contributed by atoms with Crippen LogP contribution in [0.3, 0.4) is 0 Å². The minimum absolute atomic E-state index is 0.0854. The van der Waals surface area contributed by atoms with Gasteiger partial charge in [0.15, 0.2) is 5.78 Å². The van der Waals surface area contributed by atoms with Gasteiger partial charge in [-0.25, -0.2) is 0 Å². The molecule has 0 radical (unpaired) electrons. The van der Waals surface area contributed by atoms with E-state index < -0.39 is 12.0 Å². The second-order valence-electron chi connectivity index (χ2n) is 3.73. The first-order valence-corrected chi connectivity index (χ1v) is 5.12. The number of carboxylic acid groups (broad SMARTS) is 1. The zero-order valence-electron chi connectivity index (χ0n) is 9.77. The number of methoxy groups -OCH3 is 1. The third kappa shape index (κ3) is 3.29. The highest BCUT2D eigenvalue weighted by molar-refractivity contribution is 5.94. The maximum atomic E-state index is 11.2. The van der Waals surface area contributed by atoms with Gasteiger partial charge in [0.2, 0.25) is 0 Å². The second-order valence-corrected chi connectivity index (χ2v) is 3.73. The van der Waals surface area contributed by atoms with Gasteiger partial charge in [-0.05, 0) is 30.7 Å². The van der Waals surface area contributed by atoms with E-state index in [0.29, 0.717) is 16.9 Å². The van der Waals surface area contributed by atoms with Crippen LogP contribution in [0.25, 0.3) is 0 Å². The summed E-state index contributed by atoms with van der Waals surface area (Å²) in [6.07, 6.45) is 0.125. The molecule has 1 rings (SSSR count). The van der Waals surface area contributed by atoms with Gasteiger partial charge in [-0.2, -0.15) is 0 Å². The van der Waals surface area contributed by atoms with E-state index in [1.54, 1.807) is 18.2 Å². The van der Waals surface area contributed by atoms with E-state index in [-0.39, 0.29) is 12.2 Å². The number of aliphatic carboxylic acids is 1. The monoisotopic (exact) mass is 237 g/mol. The number of ketones is 1. The summed E-state index contributed by atoms with van der Waals surface area (Å²) >= 11 is 0. The number of benzene rings is 1. The molecule has 1 aromatic rings. The quantitative estimate of drug-likeness (QED) is 0.741. The first-order valence-electron chi connectivity index (χ1n) is 5.12. The molecule has 0 aliphatic rings. The molecule has 0 bridgehead atoms. The van der Waals surface area contributed by atoms with Gasteiger partial charge in [-0.1, -0.05) is 0 Å². The fourth-order valence-electron chi connectivity index (χ4n) is 1.48. The minimum Gasteiger partial charge on any atom is -0.496 e. The van der Waals surface area contributed by atoms with Crippen LogP contribution in [-0.2, 0) is 11.2 Å². The summed E-state index contributed by atoms with van der Waals surface area (Å²) in [5.74, 6) is -0.634. The number of carbonyl (C=O) groups is 2. The van der Waals surface area contributed by atoms with Crippen molar-refractivity contribution in [2.75, 3.05) is 7.11 Å². The molecule has 0 fully saturated rings. The highest BCUT2D eigenvalue weighted by Crippen LogP contribution is 2.21. The molecule has 0 heterocycles. The molecular formula is C12H15NO4. The SMILES string of the molecule is COc1ccc(C(C)=O)cc1C[C@@H](N)C(=O)O. The highest BCUT2D eigenvalue weighted by atomic mass is 16.5. The largest absolute Gasteiger partial charge is 0.496 e. The lowest BCUT2D eigenvalue weighted by Gasteiger charge is -2.12. The number of nitrogens with two attached hydrogens (primary N) is 1. The van der Waals surface area contributed by atoms with E-state index in [2.05, 4.69) is 0 Å². The molecule has 5 heteroatoms. The molecule has 17 heavy (non-hydrogen) atoms. The number of rotatable bonds is 5. The molecule has 5 nitrogen and oxygen atoms in total. The number of Topliss-reactive ketones (excluding diaryl/α,β-unsaturated/α-hetero) is 1. The number of carbonyl (C=O) groups excluding carboxylic acids is 1. The fraction of sp³-hybridized carbons (Fsp3) is 0.333. The summed E-state index contributed by atoms with van der Waals surface area (Å²) in [6, 6.07) is 3.88. The van der Waals surface area contributed by atoms with Crippen molar-refractivity contribution >= 4 is 11.8 Å². The van der Waals surface area contributed by atoms with E-state index in [9.17, 15) is 9.59 Å². The van der Waals surface area contributed by atoms with Crippen LogP contribution in [-0.4, -0.2) is 30.0 Å². The van der Waals surface area contributed by atoms with E-state index >= 15 is 0 Å². The Balaban J connectivity index is 3.06. The van der Waals surface area contributed by atoms with Gasteiger partial charge in [0.1, 0.15) is 11.8 Å². The van der Waals surface area contributed by atoms with Crippen LogP contribution < -0.4 is 10.5 Å². The molecule has 0 aliphatic carbocycles. The Kier molecular flexibility index (Phi) is 4.23. The second kappa shape index (κ2) is 5.45. The van der Waals surface area contributed by atoms with E-state index in [1.807, 2.05) is 0 Å². The van der Waals surface area contributed by atoms with E-state index in [1.165, 1.54) is 14.0 Å². The smallest absolute Gasteiger partial charge is 0.320 e. The number of ether oxygens (including phenoxy) is 1. The minimum atomic E-state index is -1.08. The van der Waals surface area contributed by atoms with Crippen molar-refractivity contribution in [3.8, 4) is 5.75 Å². The van der Waals surface area contributed by atoms with Crippen LogP contribution in [0.5, 0.6) is 5.75 Å². The standard InChI is InChI=1S/C12H15NO4/c1-7(14)8-3-4-11(17-2)9(5-8)6-10(13)12(15)16/h3-5,10H,6,13H2,1-2H3,(H,15,16)/t10-/m1/s1. The Bertz CT molecular complexity index is 442. The lowest BCUT2D eigenvalue weighted by molar-refractivity contribution is -0.138. The zero-order valence-corrected chi connectivity index (χ0v) is 9.77. The van der Waals surface area contributed by atoms with Gasteiger partial charge in [-0.15, -0.1) is 0 Å². The molecule has 92 valence electrons. The van der Waals surface area contributed by atoms with Crippen LogP contribution >= 0.6 is 0 Å². The van der Waals surface area contributed by atoms with Gasteiger partial charge < -0.3 is 15.6 Å². The molecule has 0 saturated carbocycles. The molecule has 0 spiro atoms. The van der Waals surface area contributed by atoms with Crippen molar-refractivity contribution in [3.63, 3.8) is 0 Å². The van der Waals surface area contributed by atoms with Crippen LogP contribution in [0.2, 0.25) is 0 Å². The van der Waals surface area contributed by atoms with Crippen LogP contribution in [0, 0.1) is 0 Å². The van der Waals surface area contributed by atoms with Crippen LogP contribution in [0.4, 0.5) is 0 Å². The molecule has 0 amide bonds. The first kappa shape index (κ1) is 13.2. The Labute approximate surface area is 99.2 Å². The summed E-state index contributed by atoms with van der Waals surface area (Å²) < 4.78 is 5.10. The molecule has 0 aliphatic heterocycles. The summed E-state index contributed by atoms with van der Waals surface area (Å²) in [7, 11) is 1.48. The van der Waals surface area contributed by atoms with Gasteiger partial charge in [0.25, 0.3) is 0 Å². The summed E-state index contributed by atoms with van der Waals surface area (Å²) in [4.78, 5) is 21.9. The highest BCUT2D eigenvalue weighted by Gasteiger charge is 2.16. The fourth-order valence-corrected chi connectivity index (χ4v) is 1.48. The molecule has 0 aromatic heterocycles. The molecule has 3 N–H and O–H groups in total. The van der Waals surface area contributed by atoms with Gasteiger partial charge in [0, 0.05) is 12.0 Å². The number of carboxylic acids is 1. The summed E-state index contributed by atoms with van der Waals surface area (Å²) in [5, 5.41) is 8.75. The average molecular weight is 237 g/mol. The van der Waals surface area contributed by atoms with Gasteiger partial charge in [-0.3, -0.25) is 9.59 Å². The van der Waals surface area contributed by atoms with Crippen molar-refractivity contribution in [2.45, 2.75) is 19.4 Å². The molecule has 1 atom stereocenters.